The van der Waals surface area contributed by atoms with E-state index in [-0.39, 0.29) is 0 Å². The molecule has 4 nitrogen and oxygen atoms in total. The van der Waals surface area contributed by atoms with Crippen molar-refractivity contribution < 1.29 is 4.92 Å². The molecule has 0 rings (SSSR count). The summed E-state index contributed by atoms with van der Waals surface area (Å²) in [5.41, 5.74) is -0.412. The molecule has 0 saturated heterocycles. The molecule has 0 aliphatic heterocycles. The minimum absolute atomic E-state index is 0.412. The lowest BCUT2D eigenvalue weighted by molar-refractivity contribution is -0.417. The standard InChI is InChI=1S/C4H4N2O2/c1-2-4(3-5)6(7)8/h2H,1H3. The molecule has 0 aromatic rings. The van der Waals surface area contributed by atoms with Gasteiger partial charge in [-0.15, -0.1) is 0 Å². The lowest BCUT2D eigenvalue weighted by Crippen LogP contribution is -1.93. The monoisotopic (exact) mass is 112 g/mol. The lowest BCUT2D eigenvalue weighted by Gasteiger charge is -1.78. The van der Waals surface area contributed by atoms with Gasteiger partial charge in [-0.3, -0.25) is 10.1 Å². The van der Waals surface area contributed by atoms with Gasteiger partial charge in [0.2, 0.25) is 0 Å². The smallest absolute Gasteiger partial charge is 0.258 e. The fourth-order valence-electron chi connectivity index (χ4n) is 0.211. The van der Waals surface area contributed by atoms with Gasteiger partial charge in [-0.05, 0) is 6.92 Å². The van der Waals surface area contributed by atoms with Crippen LogP contribution in [0.1, 0.15) is 6.92 Å². The summed E-state index contributed by atoms with van der Waals surface area (Å²) < 4.78 is 0. The Bertz CT molecular complexity index is 165. The summed E-state index contributed by atoms with van der Waals surface area (Å²) in [6, 6.07) is 1.41. The van der Waals surface area contributed by atoms with E-state index in [0.29, 0.717) is 0 Å². The van der Waals surface area contributed by atoms with E-state index >= 15 is 0 Å². The van der Waals surface area contributed by atoms with E-state index in [4.69, 9.17) is 5.26 Å². The summed E-state index contributed by atoms with van der Waals surface area (Å²) in [4.78, 5) is 8.95. The normalized spacial score (nSPS) is 10.2. The molecule has 0 N–H and O–H groups in total. The minimum Gasteiger partial charge on any atom is -0.258 e. The zero-order valence-corrected chi connectivity index (χ0v) is 4.29. The van der Waals surface area contributed by atoms with Gasteiger partial charge in [-0.2, -0.15) is 5.26 Å². The Balaban J connectivity index is 4.20. The highest BCUT2D eigenvalue weighted by molar-refractivity contribution is 5.09. The van der Waals surface area contributed by atoms with Gasteiger partial charge in [-0.1, -0.05) is 0 Å². The number of hydrogen-bond donors (Lipinski definition) is 0. The van der Waals surface area contributed by atoms with Gasteiger partial charge in [0.15, 0.2) is 6.07 Å². The summed E-state index contributed by atoms with van der Waals surface area (Å²) in [5.74, 6) is 0. The van der Waals surface area contributed by atoms with Gasteiger partial charge in [0.05, 0.1) is 4.92 Å². The third-order valence-corrected chi connectivity index (χ3v) is 0.585. The maximum atomic E-state index is 9.68. The Morgan fingerprint density at radius 3 is 2.50 bits per heavy atom. The largest absolute Gasteiger partial charge is 0.341 e. The van der Waals surface area contributed by atoms with Gasteiger partial charge < -0.3 is 0 Å². The fraction of sp³-hybridized carbons (Fsp3) is 0.250. The topological polar surface area (TPSA) is 66.9 Å². The highest BCUT2D eigenvalue weighted by Gasteiger charge is 2.03. The molecule has 0 saturated carbocycles. The molecule has 0 aliphatic rings. The Hall–Kier alpha value is -1.37. The summed E-state index contributed by atoms with van der Waals surface area (Å²) >= 11 is 0. The van der Waals surface area contributed by atoms with Crippen molar-refractivity contribution in [2.75, 3.05) is 0 Å². The first-order valence-corrected chi connectivity index (χ1v) is 1.93. The van der Waals surface area contributed by atoms with Gasteiger partial charge in [0.25, 0.3) is 0 Å². The van der Waals surface area contributed by atoms with Crippen LogP contribution in [0, 0.1) is 21.4 Å². The molecule has 8 heavy (non-hydrogen) atoms. The third kappa shape index (κ3) is 1.39. The molecule has 0 radical (unpaired) electrons. The number of rotatable bonds is 1. The maximum Gasteiger partial charge on any atom is 0.341 e. The second-order valence-corrected chi connectivity index (χ2v) is 1.04. The van der Waals surface area contributed by atoms with Crippen LogP contribution in [0.2, 0.25) is 0 Å². The first-order valence-electron chi connectivity index (χ1n) is 1.93. The van der Waals surface area contributed by atoms with Crippen molar-refractivity contribution in [2.24, 2.45) is 0 Å². The molecule has 0 bridgehead atoms. The van der Waals surface area contributed by atoms with Crippen LogP contribution in [-0.2, 0) is 0 Å². The number of nitriles is 1. The highest BCUT2D eigenvalue weighted by Crippen LogP contribution is 1.89. The molecule has 0 spiro atoms. The SMILES string of the molecule is CC=C(C#N)[N+](=O)[O-]. The molecule has 0 aromatic carbocycles. The lowest BCUT2D eigenvalue weighted by atomic mass is 10.5. The van der Waals surface area contributed by atoms with E-state index < -0.39 is 10.6 Å². The van der Waals surface area contributed by atoms with Crippen LogP contribution in [0.5, 0.6) is 0 Å². The highest BCUT2D eigenvalue weighted by atomic mass is 16.6. The van der Waals surface area contributed by atoms with Gasteiger partial charge in [0, 0.05) is 6.08 Å². The van der Waals surface area contributed by atoms with Gasteiger partial charge in [-0.25, -0.2) is 0 Å². The van der Waals surface area contributed by atoms with Crippen molar-refractivity contribution in [3.63, 3.8) is 0 Å². The van der Waals surface area contributed by atoms with Crippen molar-refractivity contribution >= 4 is 0 Å². The number of allylic oxidation sites excluding steroid dienone is 2. The zero-order valence-electron chi connectivity index (χ0n) is 4.29. The Morgan fingerprint density at radius 1 is 2.00 bits per heavy atom. The maximum absolute atomic E-state index is 9.68. The van der Waals surface area contributed by atoms with Crippen molar-refractivity contribution in [1.29, 1.82) is 5.26 Å². The molecule has 0 atom stereocenters. The molecule has 0 unspecified atom stereocenters. The van der Waals surface area contributed by atoms with E-state index in [1.165, 1.54) is 13.0 Å². The third-order valence-electron chi connectivity index (χ3n) is 0.585. The van der Waals surface area contributed by atoms with Crippen molar-refractivity contribution in [3.05, 3.63) is 21.9 Å². The fourth-order valence-corrected chi connectivity index (χ4v) is 0.211. The van der Waals surface area contributed by atoms with E-state index in [0.717, 1.165) is 6.08 Å². The molecule has 4 heteroatoms. The van der Waals surface area contributed by atoms with Crippen LogP contribution in [0.15, 0.2) is 11.8 Å². The summed E-state index contributed by atoms with van der Waals surface area (Å²) in [6.45, 7) is 1.45. The average molecular weight is 112 g/mol. The Labute approximate surface area is 46.2 Å². The second kappa shape index (κ2) is 2.75. The predicted octanol–water partition coefficient (Wildman–Crippen LogP) is 0.690. The summed E-state index contributed by atoms with van der Waals surface area (Å²) in [5, 5.41) is 17.6. The molecule has 0 fully saturated rings. The molecular formula is C4H4N2O2. The molecule has 0 aliphatic carbocycles. The van der Waals surface area contributed by atoms with Crippen molar-refractivity contribution in [3.8, 4) is 6.07 Å². The number of nitro groups is 1. The molecule has 42 valence electrons. The van der Waals surface area contributed by atoms with Crippen molar-refractivity contribution in [2.45, 2.75) is 6.92 Å². The van der Waals surface area contributed by atoms with Crippen LogP contribution < -0.4 is 0 Å². The number of nitrogens with zero attached hydrogens (tertiary/aromatic N) is 2. The second-order valence-electron chi connectivity index (χ2n) is 1.04. The van der Waals surface area contributed by atoms with Crippen LogP contribution in [0.3, 0.4) is 0 Å². The van der Waals surface area contributed by atoms with E-state index in [1.54, 1.807) is 0 Å². The summed E-state index contributed by atoms with van der Waals surface area (Å²) in [7, 11) is 0. The first kappa shape index (κ1) is 6.63. The molecular weight excluding hydrogens is 108 g/mol. The summed E-state index contributed by atoms with van der Waals surface area (Å²) in [6.07, 6.45) is 1.15. The number of hydrogen-bond acceptors (Lipinski definition) is 3. The van der Waals surface area contributed by atoms with Gasteiger partial charge in [0.1, 0.15) is 0 Å². The first-order chi connectivity index (χ1) is 3.72. The molecule has 0 aromatic heterocycles. The van der Waals surface area contributed by atoms with Crippen LogP contribution >= 0.6 is 0 Å². The van der Waals surface area contributed by atoms with E-state index in [2.05, 4.69) is 0 Å². The molecule has 0 heterocycles. The van der Waals surface area contributed by atoms with Crippen molar-refractivity contribution in [1.82, 2.24) is 0 Å². The average Bonchev–Trinajstić information content (AvgIpc) is 1.69. The van der Waals surface area contributed by atoms with Crippen LogP contribution in [0.4, 0.5) is 0 Å². The molecule has 0 amide bonds. The predicted molar refractivity (Wildman–Crippen MR) is 26.4 cm³/mol. The van der Waals surface area contributed by atoms with E-state index in [1.807, 2.05) is 0 Å². The quantitative estimate of drug-likeness (QED) is 0.284. The van der Waals surface area contributed by atoms with E-state index in [9.17, 15) is 10.1 Å². The Kier molecular flexibility index (Phi) is 2.28. The zero-order chi connectivity index (χ0) is 6.57. The minimum atomic E-state index is -0.722. The van der Waals surface area contributed by atoms with Crippen LogP contribution in [0.25, 0.3) is 0 Å². The van der Waals surface area contributed by atoms with Gasteiger partial charge >= 0.3 is 5.70 Å². The van der Waals surface area contributed by atoms with Crippen LogP contribution in [-0.4, -0.2) is 4.92 Å². The Morgan fingerprint density at radius 2 is 2.50 bits per heavy atom.